The first kappa shape index (κ1) is 14.7. The molecule has 7 nitrogen and oxygen atoms in total. The lowest BCUT2D eigenvalue weighted by Crippen LogP contribution is -2.16. The lowest BCUT2D eigenvalue weighted by molar-refractivity contribution is 0.0696. The van der Waals surface area contributed by atoms with E-state index >= 15 is 0 Å². The van der Waals surface area contributed by atoms with Crippen molar-refractivity contribution in [3.8, 4) is 11.5 Å². The van der Waals surface area contributed by atoms with E-state index in [1.807, 2.05) is 0 Å². The van der Waals surface area contributed by atoms with Crippen LogP contribution in [0.15, 0.2) is 47.4 Å². The summed E-state index contributed by atoms with van der Waals surface area (Å²) in [5.41, 5.74) is -0.221. The van der Waals surface area contributed by atoms with Gasteiger partial charge in [-0.05, 0) is 30.7 Å². The molecule has 0 amide bonds. The third-order valence-corrected chi connectivity index (χ3v) is 4.16. The Kier molecular flexibility index (Phi) is 4.71. The predicted molar refractivity (Wildman–Crippen MR) is 94.7 cm³/mol. The highest BCUT2D eigenvalue weighted by atomic mass is 32.2. The topological polar surface area (TPSA) is 119 Å². The normalized spacial score (nSPS) is 13.4. The van der Waals surface area contributed by atoms with Crippen molar-refractivity contribution in [2.24, 2.45) is 5.14 Å². The smallest absolute Gasteiger partial charge is 0.335 e. The summed E-state index contributed by atoms with van der Waals surface area (Å²) >= 11 is 0. The molecule has 0 saturated carbocycles. The fourth-order valence-electron chi connectivity index (χ4n) is 2.09. The maximum Gasteiger partial charge on any atom is 0.335 e. The molecule has 0 bridgehead atoms. The molecule has 0 saturated heterocycles. The largest absolute Gasteiger partial charge is 0.478 e. The predicted octanol–water partition coefficient (Wildman–Crippen LogP) is 3.04. The summed E-state index contributed by atoms with van der Waals surface area (Å²) in [4.78, 5) is 10.9. The van der Waals surface area contributed by atoms with Crippen molar-refractivity contribution >= 4 is 21.7 Å². The van der Waals surface area contributed by atoms with Crippen LogP contribution in [0.3, 0.4) is 0 Å². The summed E-state index contributed by atoms with van der Waals surface area (Å²) in [5.74, 6) is -1.18. The molecule has 0 aliphatic heterocycles. The molecule has 0 spiro atoms. The molecule has 134 valence electrons. The number of nitrogens with two attached hydrogens (primary N) is 1. The van der Waals surface area contributed by atoms with Crippen molar-refractivity contribution in [3.05, 3.63) is 48.0 Å². The van der Waals surface area contributed by atoms with Gasteiger partial charge in [-0.3, -0.25) is 0 Å². The number of sulfonamides is 1. The summed E-state index contributed by atoms with van der Waals surface area (Å²) < 4.78 is 51.4. The molecule has 2 aromatic carbocycles. The van der Waals surface area contributed by atoms with E-state index in [4.69, 9.17) is 14.0 Å². The Labute approximate surface area is 150 Å². The number of carbonyl (C=O) groups is 1. The van der Waals surface area contributed by atoms with Crippen LogP contribution in [0.25, 0.3) is 0 Å². The maximum absolute atomic E-state index is 12.0. The van der Waals surface area contributed by atoms with Crippen LogP contribution < -0.4 is 15.2 Å². The van der Waals surface area contributed by atoms with E-state index in [1.165, 1.54) is 6.07 Å². The standard InChI is InChI=1S/C17H20N2O5S/c1-2-3-9-19-14-10-12(17(20)21)11-15(25(18,22)23)16(14)24-13-7-5-4-6-8-13/h4-8,10-11,19H,2-3,9H2,1H3,(H,20,21)(H2,18,22,23)/i1D3. The van der Waals surface area contributed by atoms with Gasteiger partial charge in [0.05, 0.1) is 11.3 Å². The lowest BCUT2D eigenvalue weighted by Gasteiger charge is -2.17. The molecule has 0 heterocycles. The van der Waals surface area contributed by atoms with Gasteiger partial charge in [0.2, 0.25) is 10.0 Å². The van der Waals surface area contributed by atoms with Crippen molar-refractivity contribution in [2.75, 3.05) is 11.9 Å². The van der Waals surface area contributed by atoms with Crippen LogP contribution in [-0.4, -0.2) is 26.0 Å². The van der Waals surface area contributed by atoms with Gasteiger partial charge in [-0.15, -0.1) is 0 Å². The maximum atomic E-state index is 12.0. The van der Waals surface area contributed by atoms with E-state index in [2.05, 4.69) is 5.32 Å². The number of nitrogens with one attached hydrogen (secondary N) is 1. The van der Waals surface area contributed by atoms with Crippen LogP contribution in [0.2, 0.25) is 0 Å². The average Bonchev–Trinajstić information content (AvgIpc) is 2.58. The molecule has 0 aromatic heterocycles. The molecule has 0 fully saturated rings. The number of aromatic carboxylic acids is 1. The summed E-state index contributed by atoms with van der Waals surface area (Å²) in [7, 11) is -4.30. The lowest BCUT2D eigenvalue weighted by atomic mass is 10.1. The van der Waals surface area contributed by atoms with E-state index in [1.54, 1.807) is 30.3 Å². The van der Waals surface area contributed by atoms with E-state index < -0.39 is 27.7 Å². The Hall–Kier alpha value is -2.58. The number of anilines is 1. The molecule has 25 heavy (non-hydrogen) atoms. The fraction of sp³-hybridized carbons (Fsp3) is 0.235. The number of hydrogen-bond donors (Lipinski definition) is 3. The Balaban J connectivity index is 2.46. The average molecular weight is 367 g/mol. The molecule has 0 radical (unpaired) electrons. The van der Waals surface area contributed by atoms with Gasteiger partial charge in [0.15, 0.2) is 5.75 Å². The van der Waals surface area contributed by atoms with Gasteiger partial charge in [-0.2, -0.15) is 0 Å². The molecule has 0 unspecified atom stereocenters. The van der Waals surface area contributed by atoms with Crippen LogP contribution >= 0.6 is 0 Å². The summed E-state index contributed by atoms with van der Waals surface area (Å²) in [5, 5.41) is 17.4. The number of rotatable bonds is 8. The molecule has 2 aromatic rings. The number of ether oxygens (including phenoxy) is 1. The van der Waals surface area contributed by atoms with Gasteiger partial charge >= 0.3 is 5.97 Å². The number of carboxylic acids is 1. The van der Waals surface area contributed by atoms with E-state index in [0.717, 1.165) is 6.07 Å². The van der Waals surface area contributed by atoms with Crippen LogP contribution in [0.4, 0.5) is 5.69 Å². The van der Waals surface area contributed by atoms with Gasteiger partial charge in [0.25, 0.3) is 0 Å². The number of carboxylic acid groups (broad SMARTS) is 1. The summed E-state index contributed by atoms with van der Waals surface area (Å²) in [6.07, 6.45) is 0.193. The van der Waals surface area contributed by atoms with Gasteiger partial charge in [-0.1, -0.05) is 31.5 Å². The Morgan fingerprint density at radius 3 is 2.64 bits per heavy atom. The first-order valence-electron chi connectivity index (χ1n) is 8.88. The van der Waals surface area contributed by atoms with Crippen molar-refractivity contribution in [1.82, 2.24) is 0 Å². The SMILES string of the molecule is [2H]C([2H])([2H])CCCNc1cc(C(=O)O)cc(S(N)(=O)=O)c1Oc1ccccc1. The Morgan fingerprint density at radius 2 is 2.04 bits per heavy atom. The zero-order valence-electron chi connectivity index (χ0n) is 16.2. The van der Waals surface area contributed by atoms with Gasteiger partial charge < -0.3 is 15.2 Å². The molecule has 8 heteroatoms. The molecular weight excluding hydrogens is 344 g/mol. The summed E-state index contributed by atoms with van der Waals surface area (Å²) in [6, 6.07) is 10.4. The third kappa shape index (κ3) is 4.94. The van der Waals surface area contributed by atoms with Crippen LogP contribution in [0.5, 0.6) is 11.5 Å². The first-order valence-corrected chi connectivity index (χ1v) is 8.93. The van der Waals surface area contributed by atoms with E-state index in [-0.39, 0.29) is 36.4 Å². The summed E-state index contributed by atoms with van der Waals surface area (Å²) in [6.45, 7) is -1.93. The molecule has 0 atom stereocenters. The van der Waals surface area contributed by atoms with Crippen molar-refractivity contribution in [2.45, 2.75) is 24.6 Å². The number of benzene rings is 2. The third-order valence-electron chi connectivity index (χ3n) is 3.24. The minimum atomic E-state index is -4.30. The monoisotopic (exact) mass is 367 g/mol. The highest BCUT2D eigenvalue weighted by Crippen LogP contribution is 2.37. The second kappa shape index (κ2) is 8.00. The number of primary sulfonamides is 1. The molecule has 0 aliphatic carbocycles. The fourth-order valence-corrected chi connectivity index (χ4v) is 2.79. The van der Waals surface area contributed by atoms with Crippen molar-refractivity contribution < 1.29 is 27.2 Å². The first-order chi connectivity index (χ1) is 13.0. The van der Waals surface area contributed by atoms with Crippen LogP contribution in [0, 0.1) is 0 Å². The van der Waals surface area contributed by atoms with Gasteiger partial charge in [0, 0.05) is 10.7 Å². The molecule has 4 N–H and O–H groups in total. The molecule has 2 rings (SSSR count). The number of para-hydroxylation sites is 1. The van der Waals surface area contributed by atoms with Crippen LogP contribution in [-0.2, 0) is 10.0 Å². The number of hydrogen-bond acceptors (Lipinski definition) is 5. The zero-order chi connectivity index (χ0) is 20.9. The molecule has 0 aliphatic rings. The minimum Gasteiger partial charge on any atom is -0.478 e. The van der Waals surface area contributed by atoms with E-state index in [9.17, 15) is 18.3 Å². The second-order valence-electron chi connectivity index (χ2n) is 5.15. The second-order valence-corrected chi connectivity index (χ2v) is 6.68. The Bertz CT molecular complexity index is 947. The van der Waals surface area contributed by atoms with Gasteiger partial charge in [-0.25, -0.2) is 18.4 Å². The minimum absolute atomic E-state index is 0.0600. The van der Waals surface area contributed by atoms with Crippen molar-refractivity contribution in [1.29, 1.82) is 0 Å². The van der Waals surface area contributed by atoms with Crippen LogP contribution in [0.1, 0.15) is 34.2 Å². The highest BCUT2D eigenvalue weighted by molar-refractivity contribution is 7.89. The zero-order valence-corrected chi connectivity index (χ0v) is 14.0. The Morgan fingerprint density at radius 1 is 1.32 bits per heavy atom. The van der Waals surface area contributed by atoms with Crippen molar-refractivity contribution in [3.63, 3.8) is 0 Å². The van der Waals surface area contributed by atoms with Gasteiger partial charge in [0.1, 0.15) is 10.6 Å². The highest BCUT2D eigenvalue weighted by Gasteiger charge is 2.23. The van der Waals surface area contributed by atoms with E-state index in [0.29, 0.717) is 5.75 Å². The molecular formula is C17H20N2O5S. The quantitative estimate of drug-likeness (QED) is 0.617.